The highest BCUT2D eigenvalue weighted by Crippen LogP contribution is 2.36. The Balaban J connectivity index is 2.04. The van der Waals surface area contributed by atoms with Crippen molar-refractivity contribution in [1.82, 2.24) is 0 Å². The van der Waals surface area contributed by atoms with Crippen molar-refractivity contribution < 1.29 is 9.13 Å². The molecule has 0 spiro atoms. The van der Waals surface area contributed by atoms with Crippen LogP contribution in [0.4, 0.5) is 4.39 Å². The zero-order valence-electron chi connectivity index (χ0n) is 9.34. The SMILES string of the molecule is Fc1ccccc1[C@@H](c1ccccc1)[C@@H]1CO1. The van der Waals surface area contributed by atoms with E-state index < -0.39 is 0 Å². The zero-order chi connectivity index (χ0) is 11.7. The van der Waals surface area contributed by atoms with Crippen molar-refractivity contribution in [2.24, 2.45) is 0 Å². The first kappa shape index (κ1) is 10.5. The highest BCUT2D eigenvalue weighted by Gasteiger charge is 2.36. The first-order valence-electron chi connectivity index (χ1n) is 5.77. The molecule has 0 unspecified atom stereocenters. The van der Waals surface area contributed by atoms with Crippen LogP contribution in [0.3, 0.4) is 0 Å². The van der Waals surface area contributed by atoms with Crippen LogP contribution in [0.15, 0.2) is 54.6 Å². The van der Waals surface area contributed by atoms with Crippen LogP contribution in [-0.4, -0.2) is 12.7 Å². The van der Waals surface area contributed by atoms with Crippen LogP contribution in [0.25, 0.3) is 0 Å². The van der Waals surface area contributed by atoms with Gasteiger partial charge in [-0.05, 0) is 17.2 Å². The van der Waals surface area contributed by atoms with Gasteiger partial charge in [-0.3, -0.25) is 0 Å². The maximum Gasteiger partial charge on any atom is 0.127 e. The van der Waals surface area contributed by atoms with E-state index in [1.807, 2.05) is 42.5 Å². The molecule has 0 aromatic heterocycles. The molecule has 0 saturated carbocycles. The topological polar surface area (TPSA) is 12.5 Å². The first-order valence-corrected chi connectivity index (χ1v) is 5.77. The molecular weight excluding hydrogens is 215 g/mol. The van der Waals surface area contributed by atoms with Gasteiger partial charge in [0.05, 0.1) is 12.7 Å². The largest absolute Gasteiger partial charge is 0.372 e. The van der Waals surface area contributed by atoms with Gasteiger partial charge in [0, 0.05) is 5.92 Å². The van der Waals surface area contributed by atoms with Crippen LogP contribution in [-0.2, 0) is 4.74 Å². The Labute approximate surface area is 99.9 Å². The van der Waals surface area contributed by atoms with Crippen molar-refractivity contribution in [2.75, 3.05) is 6.61 Å². The normalized spacial score (nSPS) is 19.9. The lowest BCUT2D eigenvalue weighted by Gasteiger charge is -2.16. The molecule has 2 aromatic carbocycles. The smallest absolute Gasteiger partial charge is 0.127 e. The molecule has 1 heterocycles. The quantitative estimate of drug-likeness (QED) is 0.734. The summed E-state index contributed by atoms with van der Waals surface area (Å²) in [6.45, 7) is 0.716. The van der Waals surface area contributed by atoms with E-state index in [2.05, 4.69) is 0 Å². The Morgan fingerprint density at radius 1 is 1.00 bits per heavy atom. The standard InChI is InChI=1S/C15H13FO/c16-13-9-5-4-8-12(13)15(14-10-17-14)11-6-2-1-3-7-11/h1-9,14-15H,10H2/t14-,15+/m0/s1. The third-order valence-corrected chi connectivity index (χ3v) is 3.13. The molecule has 0 bridgehead atoms. The average Bonchev–Trinajstić information content (AvgIpc) is 3.18. The molecule has 0 radical (unpaired) electrons. The van der Waals surface area contributed by atoms with Crippen molar-refractivity contribution in [3.05, 3.63) is 71.5 Å². The maximum atomic E-state index is 13.9. The molecule has 0 amide bonds. The fraction of sp³-hybridized carbons (Fsp3) is 0.200. The van der Waals surface area contributed by atoms with E-state index in [0.29, 0.717) is 6.61 Å². The van der Waals surface area contributed by atoms with Gasteiger partial charge in [0.15, 0.2) is 0 Å². The molecule has 2 atom stereocenters. The number of benzene rings is 2. The zero-order valence-corrected chi connectivity index (χ0v) is 9.34. The van der Waals surface area contributed by atoms with Gasteiger partial charge in [-0.25, -0.2) is 4.39 Å². The summed E-state index contributed by atoms with van der Waals surface area (Å²) in [7, 11) is 0. The molecule has 0 N–H and O–H groups in total. The predicted octanol–water partition coefficient (Wildman–Crippen LogP) is 3.36. The fourth-order valence-electron chi connectivity index (χ4n) is 2.23. The van der Waals surface area contributed by atoms with Crippen LogP contribution in [0, 0.1) is 5.82 Å². The van der Waals surface area contributed by atoms with Crippen LogP contribution >= 0.6 is 0 Å². The van der Waals surface area contributed by atoms with Gasteiger partial charge in [-0.15, -0.1) is 0 Å². The van der Waals surface area contributed by atoms with E-state index >= 15 is 0 Å². The molecule has 0 aliphatic carbocycles. The third-order valence-electron chi connectivity index (χ3n) is 3.13. The molecular formula is C15H13FO. The molecule has 1 fully saturated rings. The van der Waals surface area contributed by atoms with E-state index in [1.54, 1.807) is 6.07 Å². The summed E-state index contributed by atoms with van der Waals surface area (Å²) in [5, 5.41) is 0. The van der Waals surface area contributed by atoms with E-state index in [0.717, 1.165) is 11.1 Å². The molecule has 1 aliphatic heterocycles. The van der Waals surface area contributed by atoms with Gasteiger partial charge < -0.3 is 4.74 Å². The number of rotatable bonds is 3. The molecule has 1 saturated heterocycles. The minimum absolute atomic E-state index is 0.0115. The highest BCUT2D eigenvalue weighted by molar-refractivity contribution is 5.35. The number of halogens is 1. The van der Waals surface area contributed by atoms with Crippen molar-refractivity contribution in [3.63, 3.8) is 0 Å². The molecule has 2 aromatic rings. The summed E-state index contributed by atoms with van der Waals surface area (Å²) in [5.74, 6) is -0.144. The number of ether oxygens (including phenoxy) is 1. The maximum absolute atomic E-state index is 13.9. The lowest BCUT2D eigenvalue weighted by atomic mass is 9.88. The lowest BCUT2D eigenvalue weighted by molar-refractivity contribution is 0.386. The monoisotopic (exact) mass is 228 g/mol. The Morgan fingerprint density at radius 3 is 2.29 bits per heavy atom. The van der Waals surface area contributed by atoms with Gasteiger partial charge >= 0.3 is 0 Å². The van der Waals surface area contributed by atoms with Crippen LogP contribution in [0.2, 0.25) is 0 Å². The number of hydrogen-bond acceptors (Lipinski definition) is 1. The summed E-state index contributed by atoms with van der Waals surface area (Å²) >= 11 is 0. The van der Waals surface area contributed by atoms with E-state index in [1.165, 1.54) is 6.07 Å². The van der Waals surface area contributed by atoms with Crippen molar-refractivity contribution in [3.8, 4) is 0 Å². The average molecular weight is 228 g/mol. The highest BCUT2D eigenvalue weighted by atomic mass is 19.1. The first-order chi connectivity index (χ1) is 8.36. The Bertz CT molecular complexity index is 505. The Morgan fingerprint density at radius 2 is 1.65 bits per heavy atom. The minimum atomic E-state index is -0.156. The van der Waals surface area contributed by atoms with Crippen LogP contribution < -0.4 is 0 Å². The minimum Gasteiger partial charge on any atom is -0.372 e. The van der Waals surface area contributed by atoms with Crippen LogP contribution in [0.5, 0.6) is 0 Å². The van der Waals surface area contributed by atoms with Crippen molar-refractivity contribution in [1.29, 1.82) is 0 Å². The second-order valence-corrected chi connectivity index (χ2v) is 4.28. The molecule has 86 valence electrons. The summed E-state index contributed by atoms with van der Waals surface area (Å²) in [6, 6.07) is 16.9. The summed E-state index contributed by atoms with van der Waals surface area (Å²) in [5.41, 5.74) is 1.83. The second kappa shape index (κ2) is 4.30. The molecule has 17 heavy (non-hydrogen) atoms. The van der Waals surface area contributed by atoms with Gasteiger partial charge in [-0.2, -0.15) is 0 Å². The van der Waals surface area contributed by atoms with Gasteiger partial charge in [-0.1, -0.05) is 48.5 Å². The second-order valence-electron chi connectivity index (χ2n) is 4.28. The van der Waals surface area contributed by atoms with Crippen LogP contribution in [0.1, 0.15) is 17.0 Å². The van der Waals surface area contributed by atoms with Gasteiger partial charge in [0.2, 0.25) is 0 Å². The summed E-state index contributed by atoms with van der Waals surface area (Å²) < 4.78 is 19.2. The lowest BCUT2D eigenvalue weighted by Crippen LogP contribution is -2.10. The summed E-state index contributed by atoms with van der Waals surface area (Å²) in [6.07, 6.45) is 0.120. The van der Waals surface area contributed by atoms with Gasteiger partial charge in [0.1, 0.15) is 5.82 Å². The van der Waals surface area contributed by atoms with E-state index in [-0.39, 0.29) is 17.8 Å². The Hall–Kier alpha value is -1.67. The Kier molecular flexibility index (Phi) is 2.65. The molecule has 3 rings (SSSR count). The number of hydrogen-bond donors (Lipinski definition) is 0. The molecule has 1 nitrogen and oxygen atoms in total. The molecule has 2 heteroatoms. The van der Waals surface area contributed by atoms with Crippen molar-refractivity contribution in [2.45, 2.75) is 12.0 Å². The molecule has 1 aliphatic rings. The van der Waals surface area contributed by atoms with Gasteiger partial charge in [0.25, 0.3) is 0 Å². The van der Waals surface area contributed by atoms with E-state index in [4.69, 9.17) is 4.74 Å². The fourth-order valence-corrected chi connectivity index (χ4v) is 2.23. The van der Waals surface area contributed by atoms with E-state index in [9.17, 15) is 4.39 Å². The number of epoxide rings is 1. The predicted molar refractivity (Wildman–Crippen MR) is 64.4 cm³/mol. The third kappa shape index (κ3) is 2.08. The van der Waals surface area contributed by atoms with Crippen molar-refractivity contribution >= 4 is 0 Å². The summed E-state index contributed by atoms with van der Waals surface area (Å²) in [4.78, 5) is 0.